The minimum absolute atomic E-state index is 0.00864. The average Bonchev–Trinajstić information content (AvgIpc) is 2.65. The Morgan fingerprint density at radius 2 is 2.04 bits per heavy atom. The van der Waals surface area contributed by atoms with Crippen molar-refractivity contribution in [2.45, 2.75) is 38.5 Å². The number of carbonyl (C=O) groups is 2. The topological polar surface area (TPSA) is 132 Å². The number of carbonyl (C=O) groups excluding carboxylic acids is 2. The molecule has 0 radical (unpaired) electrons. The number of ether oxygens (including phenoxy) is 1. The van der Waals surface area contributed by atoms with Gasteiger partial charge in [0, 0.05) is 18.6 Å². The van der Waals surface area contributed by atoms with Gasteiger partial charge in [0.15, 0.2) is 0 Å². The van der Waals surface area contributed by atoms with Gasteiger partial charge >= 0.3 is 11.9 Å². The van der Waals surface area contributed by atoms with E-state index in [-0.39, 0.29) is 12.2 Å². The smallest absolute Gasteiger partial charge is 0.324 e. The molecule has 134 valence electrons. The van der Waals surface area contributed by atoms with Crippen LogP contribution in [-0.4, -0.2) is 26.9 Å². The highest BCUT2D eigenvalue weighted by Crippen LogP contribution is 2.20. The zero-order chi connectivity index (χ0) is 18.9. The van der Waals surface area contributed by atoms with E-state index in [4.69, 9.17) is 15.7 Å². The maximum atomic E-state index is 12.4. The molecule has 0 spiro atoms. The zero-order valence-corrected chi connectivity index (χ0v) is 14.4. The molecule has 0 saturated heterocycles. The summed E-state index contributed by atoms with van der Waals surface area (Å²) in [6.07, 6.45) is 5.70. The summed E-state index contributed by atoms with van der Waals surface area (Å²) in [5.41, 5.74) is 6.74. The Morgan fingerprint density at radius 1 is 1.31 bits per heavy atom. The first kappa shape index (κ1) is 19.0. The SMILES string of the molecule is CCCC(C(=O)OC(=O)CCc1cccnc1N)c1ncc(C#N)cn1. The fraction of sp³-hybridized carbons (Fsp3) is 0.333. The number of aromatic nitrogens is 3. The molecule has 0 bridgehead atoms. The van der Waals surface area contributed by atoms with Crippen LogP contribution in [0.1, 0.15) is 49.1 Å². The number of pyridine rings is 1. The Kier molecular flexibility index (Phi) is 6.74. The summed E-state index contributed by atoms with van der Waals surface area (Å²) in [4.78, 5) is 36.3. The largest absolute Gasteiger partial charge is 0.393 e. The second-order valence-corrected chi connectivity index (χ2v) is 5.62. The van der Waals surface area contributed by atoms with Crippen LogP contribution in [0.25, 0.3) is 0 Å². The van der Waals surface area contributed by atoms with Crippen molar-refractivity contribution in [3.63, 3.8) is 0 Å². The highest BCUT2D eigenvalue weighted by atomic mass is 16.6. The van der Waals surface area contributed by atoms with Gasteiger partial charge in [0.1, 0.15) is 23.6 Å². The third-order valence-corrected chi connectivity index (χ3v) is 3.71. The number of anilines is 1. The van der Waals surface area contributed by atoms with Crippen LogP contribution in [0.15, 0.2) is 30.7 Å². The van der Waals surface area contributed by atoms with Gasteiger partial charge in [-0.05, 0) is 24.5 Å². The Labute approximate surface area is 151 Å². The molecule has 0 amide bonds. The molecule has 2 rings (SSSR count). The summed E-state index contributed by atoms with van der Waals surface area (Å²) >= 11 is 0. The van der Waals surface area contributed by atoms with E-state index >= 15 is 0 Å². The first-order valence-electron chi connectivity index (χ1n) is 8.21. The van der Waals surface area contributed by atoms with Crippen LogP contribution in [0.5, 0.6) is 0 Å². The summed E-state index contributed by atoms with van der Waals surface area (Å²) in [5, 5.41) is 8.79. The zero-order valence-electron chi connectivity index (χ0n) is 14.4. The Hall–Kier alpha value is -3.34. The van der Waals surface area contributed by atoms with Gasteiger partial charge in [-0.1, -0.05) is 19.4 Å². The van der Waals surface area contributed by atoms with E-state index in [1.807, 2.05) is 13.0 Å². The lowest BCUT2D eigenvalue weighted by Gasteiger charge is -2.13. The predicted octanol–water partition coefficient (Wildman–Crippen LogP) is 1.91. The Bertz CT molecular complexity index is 814. The van der Waals surface area contributed by atoms with Gasteiger partial charge in [0.2, 0.25) is 0 Å². The molecule has 0 fully saturated rings. The Balaban J connectivity index is 1.98. The first-order valence-corrected chi connectivity index (χ1v) is 8.21. The van der Waals surface area contributed by atoms with Crippen LogP contribution in [0.3, 0.4) is 0 Å². The van der Waals surface area contributed by atoms with E-state index in [0.717, 1.165) is 5.56 Å². The lowest BCUT2D eigenvalue weighted by molar-refractivity contribution is -0.161. The monoisotopic (exact) mass is 353 g/mol. The molecule has 2 aromatic rings. The maximum Gasteiger partial charge on any atom is 0.324 e. The number of esters is 2. The molecule has 0 aliphatic heterocycles. The van der Waals surface area contributed by atoms with Crippen LogP contribution in [-0.2, 0) is 20.7 Å². The maximum absolute atomic E-state index is 12.4. The van der Waals surface area contributed by atoms with Crippen molar-refractivity contribution in [2.75, 3.05) is 5.73 Å². The van der Waals surface area contributed by atoms with Crippen molar-refractivity contribution in [3.05, 3.63) is 47.7 Å². The fourth-order valence-electron chi connectivity index (χ4n) is 2.35. The van der Waals surface area contributed by atoms with E-state index in [2.05, 4.69) is 15.0 Å². The molecule has 0 aliphatic carbocycles. The number of aryl methyl sites for hydroxylation is 1. The molecule has 2 heterocycles. The van der Waals surface area contributed by atoms with Gasteiger partial charge < -0.3 is 10.5 Å². The predicted molar refractivity (Wildman–Crippen MR) is 92.5 cm³/mol. The normalized spacial score (nSPS) is 11.4. The van der Waals surface area contributed by atoms with Crippen LogP contribution in [0.4, 0.5) is 5.82 Å². The van der Waals surface area contributed by atoms with Gasteiger partial charge in [0.25, 0.3) is 0 Å². The standard InChI is InChI=1S/C18H19N5O3/c1-2-4-14(17-22-10-12(9-19)11-23-17)18(25)26-15(24)7-6-13-5-3-8-21-16(13)20/h3,5,8,10-11,14H,2,4,6-7H2,1H3,(H2,20,21). The molecular weight excluding hydrogens is 334 g/mol. The lowest BCUT2D eigenvalue weighted by atomic mass is 10.0. The van der Waals surface area contributed by atoms with Crippen LogP contribution >= 0.6 is 0 Å². The van der Waals surface area contributed by atoms with Crippen molar-refractivity contribution in [1.29, 1.82) is 5.26 Å². The highest BCUT2D eigenvalue weighted by molar-refractivity contribution is 5.89. The third kappa shape index (κ3) is 5.08. The number of nitrogens with two attached hydrogens (primary N) is 1. The minimum atomic E-state index is -0.750. The Morgan fingerprint density at radius 3 is 2.65 bits per heavy atom. The second-order valence-electron chi connectivity index (χ2n) is 5.62. The highest BCUT2D eigenvalue weighted by Gasteiger charge is 2.26. The molecule has 8 nitrogen and oxygen atoms in total. The number of nitrogens with zero attached hydrogens (tertiary/aromatic N) is 4. The molecule has 1 atom stereocenters. The van der Waals surface area contributed by atoms with E-state index in [9.17, 15) is 9.59 Å². The number of nitrogen functional groups attached to an aromatic ring is 1. The molecule has 2 aromatic heterocycles. The molecule has 0 aliphatic rings. The summed E-state index contributed by atoms with van der Waals surface area (Å²) in [7, 11) is 0. The van der Waals surface area contributed by atoms with Crippen molar-refractivity contribution >= 4 is 17.8 Å². The second kappa shape index (κ2) is 9.22. The molecule has 1 unspecified atom stereocenters. The molecule has 2 N–H and O–H groups in total. The van der Waals surface area contributed by atoms with Crippen molar-refractivity contribution < 1.29 is 14.3 Å². The number of rotatable bonds is 7. The summed E-state index contributed by atoms with van der Waals surface area (Å²) in [5.74, 6) is -1.50. The van der Waals surface area contributed by atoms with E-state index in [0.29, 0.717) is 30.6 Å². The third-order valence-electron chi connectivity index (χ3n) is 3.71. The van der Waals surface area contributed by atoms with Gasteiger partial charge in [-0.25, -0.2) is 15.0 Å². The number of nitriles is 1. The summed E-state index contributed by atoms with van der Waals surface area (Å²) < 4.78 is 4.95. The average molecular weight is 353 g/mol. The van der Waals surface area contributed by atoms with Crippen LogP contribution in [0, 0.1) is 11.3 Å². The lowest BCUT2D eigenvalue weighted by Crippen LogP contribution is -2.22. The van der Waals surface area contributed by atoms with Gasteiger partial charge in [-0.15, -0.1) is 0 Å². The van der Waals surface area contributed by atoms with E-state index in [1.165, 1.54) is 12.4 Å². The minimum Gasteiger partial charge on any atom is -0.393 e. The van der Waals surface area contributed by atoms with Gasteiger partial charge in [0.05, 0.1) is 12.0 Å². The van der Waals surface area contributed by atoms with E-state index < -0.39 is 17.9 Å². The number of hydrogen-bond acceptors (Lipinski definition) is 8. The quantitative estimate of drug-likeness (QED) is 0.589. The van der Waals surface area contributed by atoms with Crippen molar-refractivity contribution in [2.24, 2.45) is 0 Å². The number of hydrogen-bond donors (Lipinski definition) is 1. The molecule has 0 saturated carbocycles. The van der Waals surface area contributed by atoms with Gasteiger partial charge in [-0.2, -0.15) is 5.26 Å². The van der Waals surface area contributed by atoms with Crippen molar-refractivity contribution in [1.82, 2.24) is 15.0 Å². The van der Waals surface area contributed by atoms with E-state index in [1.54, 1.807) is 18.3 Å². The summed E-state index contributed by atoms with van der Waals surface area (Å²) in [6, 6.07) is 5.40. The molecule has 26 heavy (non-hydrogen) atoms. The molecular formula is C18H19N5O3. The van der Waals surface area contributed by atoms with Crippen molar-refractivity contribution in [3.8, 4) is 6.07 Å². The summed E-state index contributed by atoms with van der Waals surface area (Å²) in [6.45, 7) is 1.90. The van der Waals surface area contributed by atoms with Crippen LogP contribution < -0.4 is 5.73 Å². The first-order chi connectivity index (χ1) is 12.5. The van der Waals surface area contributed by atoms with Crippen LogP contribution in [0.2, 0.25) is 0 Å². The van der Waals surface area contributed by atoms with Gasteiger partial charge in [-0.3, -0.25) is 9.59 Å². The molecule has 8 heteroatoms. The molecule has 0 aromatic carbocycles. The fourth-order valence-corrected chi connectivity index (χ4v) is 2.35.